The van der Waals surface area contributed by atoms with E-state index in [1.807, 2.05) is 39.8 Å². The summed E-state index contributed by atoms with van der Waals surface area (Å²) in [6.07, 6.45) is -0.518. The summed E-state index contributed by atoms with van der Waals surface area (Å²) in [5.41, 5.74) is 0.722. The molecule has 0 radical (unpaired) electrons. The molecule has 2 N–H and O–H groups in total. The van der Waals surface area contributed by atoms with Gasteiger partial charge in [0.25, 0.3) is 5.91 Å². The lowest BCUT2D eigenvalue weighted by molar-refractivity contribution is 0.0874. The summed E-state index contributed by atoms with van der Waals surface area (Å²) in [4.78, 5) is 18.8. The number of aliphatic hydroxyl groups excluding tert-OH is 1. The predicted molar refractivity (Wildman–Crippen MR) is 74.4 cm³/mol. The molecule has 0 saturated carbocycles. The van der Waals surface area contributed by atoms with Gasteiger partial charge < -0.3 is 15.3 Å². The molecule has 0 saturated heterocycles. The molecule has 0 aliphatic carbocycles. The Balaban J connectivity index is 2.67. The molecule has 102 valence electrons. The molecular weight excluding hydrogens is 250 g/mol. The Bertz CT molecular complexity index is 415. The molecule has 1 atom stereocenters. The van der Waals surface area contributed by atoms with E-state index in [0.29, 0.717) is 4.88 Å². The highest BCUT2D eigenvalue weighted by Gasteiger charge is 2.17. The second-order valence-corrected chi connectivity index (χ2v) is 5.80. The van der Waals surface area contributed by atoms with Crippen LogP contribution in [0.2, 0.25) is 0 Å². The van der Waals surface area contributed by atoms with Crippen molar-refractivity contribution in [2.45, 2.75) is 26.9 Å². The van der Waals surface area contributed by atoms with E-state index in [4.69, 9.17) is 0 Å². The summed E-state index contributed by atoms with van der Waals surface area (Å²) >= 11 is 1.36. The van der Waals surface area contributed by atoms with Crippen LogP contribution in [0.1, 0.15) is 29.2 Å². The van der Waals surface area contributed by atoms with E-state index >= 15 is 0 Å². The Hall–Kier alpha value is -1.14. The van der Waals surface area contributed by atoms with Crippen LogP contribution in [0, 0.1) is 12.8 Å². The minimum absolute atomic E-state index is 0.130. The topological polar surface area (TPSA) is 65.5 Å². The minimum atomic E-state index is -0.518. The van der Waals surface area contributed by atoms with Gasteiger partial charge in [-0.15, -0.1) is 0 Å². The fourth-order valence-corrected chi connectivity index (χ4v) is 2.20. The molecule has 1 rings (SSSR count). The Morgan fingerprint density at radius 1 is 1.50 bits per heavy atom. The first-order valence-corrected chi connectivity index (χ1v) is 6.75. The van der Waals surface area contributed by atoms with Crippen LogP contribution in [-0.2, 0) is 0 Å². The highest BCUT2D eigenvalue weighted by molar-refractivity contribution is 7.17. The Labute approximate surface area is 112 Å². The van der Waals surface area contributed by atoms with Crippen LogP contribution in [0.3, 0.4) is 0 Å². The molecule has 1 aromatic rings. The van der Waals surface area contributed by atoms with E-state index in [2.05, 4.69) is 10.3 Å². The van der Waals surface area contributed by atoms with Gasteiger partial charge in [-0.3, -0.25) is 4.79 Å². The third kappa shape index (κ3) is 3.68. The number of aryl methyl sites for hydroxylation is 1. The van der Waals surface area contributed by atoms with Crippen LogP contribution in [0.25, 0.3) is 0 Å². The van der Waals surface area contributed by atoms with Gasteiger partial charge in [-0.05, 0) is 12.8 Å². The van der Waals surface area contributed by atoms with Gasteiger partial charge in [0.2, 0.25) is 0 Å². The number of hydrogen-bond acceptors (Lipinski definition) is 5. The molecule has 1 heterocycles. The fourth-order valence-electron chi connectivity index (χ4n) is 1.30. The van der Waals surface area contributed by atoms with E-state index in [0.717, 1.165) is 10.8 Å². The van der Waals surface area contributed by atoms with Gasteiger partial charge >= 0.3 is 0 Å². The van der Waals surface area contributed by atoms with Crippen LogP contribution in [0.4, 0.5) is 5.13 Å². The Morgan fingerprint density at radius 3 is 2.56 bits per heavy atom. The number of nitrogens with one attached hydrogen (secondary N) is 1. The highest BCUT2D eigenvalue weighted by Crippen LogP contribution is 2.24. The summed E-state index contributed by atoms with van der Waals surface area (Å²) in [7, 11) is 3.78. The molecule has 1 unspecified atom stereocenters. The van der Waals surface area contributed by atoms with Crippen LogP contribution >= 0.6 is 11.3 Å². The molecule has 0 aliphatic heterocycles. The monoisotopic (exact) mass is 271 g/mol. The molecule has 18 heavy (non-hydrogen) atoms. The quantitative estimate of drug-likeness (QED) is 0.846. The molecule has 0 aliphatic rings. The third-order valence-electron chi connectivity index (χ3n) is 2.62. The van der Waals surface area contributed by atoms with E-state index < -0.39 is 6.10 Å². The SMILES string of the molecule is Cc1nc(N(C)C)sc1C(=O)NCC(O)C(C)C. The Kier molecular flexibility index (Phi) is 5.10. The van der Waals surface area contributed by atoms with Gasteiger partial charge in [0, 0.05) is 20.6 Å². The minimum Gasteiger partial charge on any atom is -0.391 e. The van der Waals surface area contributed by atoms with Crippen molar-refractivity contribution in [3.05, 3.63) is 10.6 Å². The number of carbonyl (C=O) groups excluding carboxylic acids is 1. The van der Waals surface area contributed by atoms with Crippen LogP contribution in [-0.4, -0.2) is 42.7 Å². The van der Waals surface area contributed by atoms with Gasteiger partial charge in [0.05, 0.1) is 11.8 Å². The van der Waals surface area contributed by atoms with E-state index in [-0.39, 0.29) is 18.4 Å². The van der Waals surface area contributed by atoms with Crippen molar-refractivity contribution in [3.8, 4) is 0 Å². The van der Waals surface area contributed by atoms with Crippen LogP contribution in [0.5, 0.6) is 0 Å². The average Bonchev–Trinajstić information content (AvgIpc) is 2.67. The van der Waals surface area contributed by atoms with Crippen LogP contribution < -0.4 is 10.2 Å². The highest BCUT2D eigenvalue weighted by atomic mass is 32.1. The molecule has 6 heteroatoms. The molecule has 0 spiro atoms. The molecular formula is C12H21N3O2S. The molecule has 0 aromatic carbocycles. The number of amides is 1. The fraction of sp³-hybridized carbons (Fsp3) is 0.667. The van der Waals surface area contributed by atoms with Crippen molar-refractivity contribution < 1.29 is 9.90 Å². The Morgan fingerprint density at radius 2 is 2.11 bits per heavy atom. The normalized spacial score (nSPS) is 12.6. The summed E-state index contributed by atoms with van der Waals surface area (Å²) < 4.78 is 0. The third-order valence-corrected chi connectivity index (χ3v) is 3.94. The maximum atomic E-state index is 12.0. The van der Waals surface area contributed by atoms with Crippen molar-refractivity contribution in [1.82, 2.24) is 10.3 Å². The number of carbonyl (C=O) groups is 1. The van der Waals surface area contributed by atoms with Gasteiger partial charge in [-0.2, -0.15) is 0 Å². The second kappa shape index (κ2) is 6.15. The first-order valence-electron chi connectivity index (χ1n) is 5.94. The number of aromatic nitrogens is 1. The average molecular weight is 271 g/mol. The number of hydrogen-bond donors (Lipinski definition) is 2. The lowest BCUT2D eigenvalue weighted by atomic mass is 10.1. The van der Waals surface area contributed by atoms with E-state index in [1.54, 1.807) is 0 Å². The van der Waals surface area contributed by atoms with Gasteiger partial charge in [0.15, 0.2) is 5.13 Å². The number of anilines is 1. The first kappa shape index (κ1) is 14.9. The zero-order chi connectivity index (χ0) is 13.9. The summed E-state index contributed by atoms with van der Waals surface area (Å²) in [6.45, 7) is 5.92. The van der Waals surface area contributed by atoms with Crippen molar-refractivity contribution in [2.75, 3.05) is 25.5 Å². The first-order chi connectivity index (χ1) is 8.32. The molecule has 5 nitrogen and oxygen atoms in total. The van der Waals surface area contributed by atoms with Crippen molar-refractivity contribution in [1.29, 1.82) is 0 Å². The standard InChI is InChI=1S/C12H21N3O2S/c1-7(2)9(16)6-13-11(17)10-8(3)14-12(18-10)15(4)5/h7,9,16H,6H2,1-5H3,(H,13,17). The molecule has 1 aromatic heterocycles. The van der Waals surface area contributed by atoms with Gasteiger partial charge in [0.1, 0.15) is 4.88 Å². The molecule has 0 bridgehead atoms. The van der Waals surface area contributed by atoms with Crippen molar-refractivity contribution in [2.24, 2.45) is 5.92 Å². The summed E-state index contributed by atoms with van der Waals surface area (Å²) in [5.74, 6) is -0.0389. The van der Waals surface area contributed by atoms with Gasteiger partial charge in [-0.1, -0.05) is 25.2 Å². The molecule has 0 fully saturated rings. The number of aliphatic hydroxyl groups is 1. The summed E-state index contributed by atoms with van der Waals surface area (Å²) in [6, 6.07) is 0. The maximum absolute atomic E-state index is 12.0. The smallest absolute Gasteiger partial charge is 0.263 e. The number of thiazole rings is 1. The zero-order valence-corrected chi connectivity index (χ0v) is 12.3. The van der Waals surface area contributed by atoms with E-state index in [9.17, 15) is 9.90 Å². The van der Waals surface area contributed by atoms with E-state index in [1.165, 1.54) is 11.3 Å². The lowest BCUT2D eigenvalue weighted by Crippen LogP contribution is -2.34. The predicted octanol–water partition coefficient (Wildman–Crippen LogP) is 1.26. The van der Waals surface area contributed by atoms with Crippen LogP contribution in [0.15, 0.2) is 0 Å². The van der Waals surface area contributed by atoms with Crippen molar-refractivity contribution >= 4 is 22.4 Å². The maximum Gasteiger partial charge on any atom is 0.263 e. The second-order valence-electron chi connectivity index (χ2n) is 4.83. The lowest BCUT2D eigenvalue weighted by Gasteiger charge is -2.14. The molecule has 1 amide bonds. The van der Waals surface area contributed by atoms with Gasteiger partial charge in [-0.25, -0.2) is 4.98 Å². The zero-order valence-electron chi connectivity index (χ0n) is 11.5. The largest absolute Gasteiger partial charge is 0.391 e. The van der Waals surface area contributed by atoms with Crippen molar-refractivity contribution in [3.63, 3.8) is 0 Å². The summed E-state index contributed by atoms with van der Waals surface area (Å²) in [5, 5.41) is 13.2. The number of rotatable bonds is 5. The number of nitrogens with zero attached hydrogens (tertiary/aromatic N) is 2.